The number of likely N-dealkylation sites (N-methyl/N-ethyl adjacent to an activating group) is 1. The van der Waals surface area contributed by atoms with Gasteiger partial charge >= 0.3 is 0 Å². The molecule has 25 heavy (non-hydrogen) atoms. The third kappa shape index (κ3) is 2.61. The number of hydrogen-bond acceptors (Lipinski definition) is 2. The average Bonchev–Trinajstić information content (AvgIpc) is 2.97. The fourth-order valence-electron chi connectivity index (χ4n) is 4.10. The Balaban J connectivity index is 1.91. The molecule has 0 saturated heterocycles. The van der Waals surface area contributed by atoms with Crippen LogP contribution in [0.1, 0.15) is 29.8 Å². The van der Waals surface area contributed by atoms with Crippen LogP contribution in [0.25, 0.3) is 21.8 Å². The first kappa shape index (κ1) is 16.2. The normalized spacial score (nSPS) is 14.3. The van der Waals surface area contributed by atoms with Crippen LogP contribution in [0.4, 0.5) is 0 Å². The lowest BCUT2D eigenvalue weighted by Gasteiger charge is -2.20. The SMILES string of the molecule is CCN(CC)CCn1c2ccccc2c2c3c(ccc21)C(=O)NCC3. The summed E-state index contributed by atoms with van der Waals surface area (Å²) in [6.45, 7) is 9.31. The van der Waals surface area contributed by atoms with Crippen molar-refractivity contribution >= 4 is 27.7 Å². The van der Waals surface area contributed by atoms with Crippen molar-refractivity contribution in [3.63, 3.8) is 0 Å². The Labute approximate surface area is 148 Å². The third-order valence-corrected chi connectivity index (χ3v) is 5.49. The first-order valence-electron chi connectivity index (χ1n) is 9.28. The van der Waals surface area contributed by atoms with Crippen molar-refractivity contribution in [2.24, 2.45) is 0 Å². The highest BCUT2D eigenvalue weighted by atomic mass is 16.1. The molecule has 130 valence electrons. The van der Waals surface area contributed by atoms with Crippen LogP contribution in [-0.4, -0.2) is 41.6 Å². The molecule has 0 fully saturated rings. The number of aromatic nitrogens is 1. The standard InChI is InChI=1S/C21H25N3O/c1-3-23(4-2)13-14-24-18-8-6-5-7-17(18)20-15-11-12-22-21(25)16(15)9-10-19(20)24/h5-10H,3-4,11-14H2,1-2H3,(H,22,25). The minimum absolute atomic E-state index is 0.0584. The van der Waals surface area contributed by atoms with Gasteiger partial charge in [0.2, 0.25) is 0 Å². The molecule has 0 spiro atoms. The minimum atomic E-state index is 0.0584. The minimum Gasteiger partial charge on any atom is -0.352 e. The topological polar surface area (TPSA) is 37.3 Å². The van der Waals surface area contributed by atoms with E-state index >= 15 is 0 Å². The summed E-state index contributed by atoms with van der Waals surface area (Å²) >= 11 is 0. The molecular weight excluding hydrogens is 310 g/mol. The largest absolute Gasteiger partial charge is 0.352 e. The summed E-state index contributed by atoms with van der Waals surface area (Å²) in [4.78, 5) is 14.7. The fraction of sp³-hybridized carbons (Fsp3) is 0.381. The molecule has 1 N–H and O–H groups in total. The quantitative estimate of drug-likeness (QED) is 0.776. The van der Waals surface area contributed by atoms with Gasteiger partial charge in [-0.2, -0.15) is 0 Å². The maximum absolute atomic E-state index is 12.2. The number of nitrogens with one attached hydrogen (secondary N) is 1. The molecule has 0 unspecified atom stereocenters. The van der Waals surface area contributed by atoms with Crippen LogP contribution < -0.4 is 5.32 Å². The van der Waals surface area contributed by atoms with Gasteiger partial charge in [-0.05, 0) is 43.3 Å². The summed E-state index contributed by atoms with van der Waals surface area (Å²) in [7, 11) is 0. The fourth-order valence-corrected chi connectivity index (χ4v) is 4.10. The van der Waals surface area contributed by atoms with E-state index in [0.717, 1.165) is 44.7 Å². The molecule has 0 radical (unpaired) electrons. The second kappa shape index (κ2) is 6.52. The van der Waals surface area contributed by atoms with E-state index in [1.165, 1.54) is 27.4 Å². The molecule has 0 bridgehead atoms. The lowest BCUT2D eigenvalue weighted by molar-refractivity contribution is 0.0946. The molecule has 2 aromatic carbocycles. The second-order valence-electron chi connectivity index (χ2n) is 6.69. The van der Waals surface area contributed by atoms with Gasteiger partial charge in [0.05, 0.1) is 0 Å². The van der Waals surface area contributed by atoms with E-state index in [0.29, 0.717) is 0 Å². The number of nitrogens with zero attached hydrogens (tertiary/aromatic N) is 2. The number of fused-ring (bicyclic) bond motifs is 5. The summed E-state index contributed by atoms with van der Waals surface area (Å²) in [6.07, 6.45) is 0.905. The van der Waals surface area contributed by atoms with Crippen molar-refractivity contribution < 1.29 is 4.79 Å². The second-order valence-corrected chi connectivity index (χ2v) is 6.69. The number of carbonyl (C=O) groups excluding carboxylic acids is 1. The molecule has 0 atom stereocenters. The van der Waals surface area contributed by atoms with Gasteiger partial charge in [0.25, 0.3) is 5.91 Å². The molecular formula is C21H25N3O. The number of hydrogen-bond donors (Lipinski definition) is 1. The summed E-state index contributed by atoms with van der Waals surface area (Å²) in [5, 5.41) is 5.49. The number of benzene rings is 2. The number of para-hydroxylation sites is 1. The molecule has 0 saturated carbocycles. The zero-order chi connectivity index (χ0) is 17.4. The Kier molecular flexibility index (Phi) is 4.22. The monoisotopic (exact) mass is 335 g/mol. The van der Waals surface area contributed by atoms with E-state index in [1.54, 1.807) is 0 Å². The van der Waals surface area contributed by atoms with Crippen molar-refractivity contribution in [3.05, 3.63) is 47.5 Å². The van der Waals surface area contributed by atoms with Gasteiger partial charge in [0.1, 0.15) is 0 Å². The Morgan fingerprint density at radius 3 is 2.68 bits per heavy atom. The van der Waals surface area contributed by atoms with Gasteiger partial charge in [-0.15, -0.1) is 0 Å². The molecule has 1 aromatic heterocycles. The van der Waals surface area contributed by atoms with Crippen molar-refractivity contribution in [1.82, 2.24) is 14.8 Å². The van der Waals surface area contributed by atoms with Crippen LogP contribution in [0.5, 0.6) is 0 Å². The summed E-state index contributed by atoms with van der Waals surface area (Å²) in [5.41, 5.74) is 4.57. The van der Waals surface area contributed by atoms with E-state index in [4.69, 9.17) is 0 Å². The lowest BCUT2D eigenvalue weighted by atomic mass is 9.95. The van der Waals surface area contributed by atoms with E-state index in [9.17, 15) is 4.79 Å². The van der Waals surface area contributed by atoms with Crippen molar-refractivity contribution in [3.8, 4) is 0 Å². The number of amides is 1. The summed E-state index contributed by atoms with van der Waals surface area (Å²) < 4.78 is 2.43. The lowest BCUT2D eigenvalue weighted by Crippen LogP contribution is -2.31. The van der Waals surface area contributed by atoms with Gasteiger partial charge in [-0.1, -0.05) is 32.0 Å². The number of rotatable bonds is 5. The highest BCUT2D eigenvalue weighted by Crippen LogP contribution is 2.34. The Hall–Kier alpha value is -2.33. The average molecular weight is 335 g/mol. The van der Waals surface area contributed by atoms with Gasteiger partial charge in [0.15, 0.2) is 0 Å². The van der Waals surface area contributed by atoms with Crippen molar-refractivity contribution in [2.45, 2.75) is 26.8 Å². The third-order valence-electron chi connectivity index (χ3n) is 5.49. The molecule has 4 heteroatoms. The highest BCUT2D eigenvalue weighted by Gasteiger charge is 2.22. The smallest absolute Gasteiger partial charge is 0.251 e. The van der Waals surface area contributed by atoms with Crippen LogP contribution in [0.3, 0.4) is 0 Å². The molecule has 1 aliphatic rings. The van der Waals surface area contributed by atoms with Crippen LogP contribution in [0, 0.1) is 0 Å². The molecule has 4 rings (SSSR count). The van der Waals surface area contributed by atoms with Gasteiger partial charge in [-0.3, -0.25) is 4.79 Å². The van der Waals surface area contributed by atoms with Crippen molar-refractivity contribution in [2.75, 3.05) is 26.2 Å². The van der Waals surface area contributed by atoms with E-state index in [1.807, 2.05) is 6.07 Å². The molecule has 1 aliphatic heterocycles. The predicted molar refractivity (Wildman–Crippen MR) is 103 cm³/mol. The van der Waals surface area contributed by atoms with Crippen LogP contribution >= 0.6 is 0 Å². The molecule has 3 aromatic rings. The van der Waals surface area contributed by atoms with Gasteiger partial charge in [-0.25, -0.2) is 0 Å². The maximum Gasteiger partial charge on any atom is 0.251 e. The van der Waals surface area contributed by atoms with Gasteiger partial charge in [0, 0.05) is 47.0 Å². The van der Waals surface area contributed by atoms with E-state index in [-0.39, 0.29) is 5.91 Å². The van der Waals surface area contributed by atoms with Crippen LogP contribution in [-0.2, 0) is 13.0 Å². The summed E-state index contributed by atoms with van der Waals surface area (Å²) in [6, 6.07) is 12.7. The maximum atomic E-state index is 12.2. The summed E-state index contributed by atoms with van der Waals surface area (Å²) in [5.74, 6) is 0.0584. The first-order valence-corrected chi connectivity index (χ1v) is 9.28. The van der Waals surface area contributed by atoms with E-state index < -0.39 is 0 Å². The Morgan fingerprint density at radius 2 is 1.88 bits per heavy atom. The molecule has 0 aliphatic carbocycles. The van der Waals surface area contributed by atoms with Gasteiger partial charge < -0.3 is 14.8 Å². The number of carbonyl (C=O) groups is 1. The van der Waals surface area contributed by atoms with E-state index in [2.05, 4.69) is 59.0 Å². The van der Waals surface area contributed by atoms with Crippen LogP contribution in [0.15, 0.2) is 36.4 Å². The molecule has 2 heterocycles. The highest BCUT2D eigenvalue weighted by molar-refractivity contribution is 6.13. The predicted octanol–water partition coefficient (Wildman–Crippen LogP) is 3.42. The zero-order valence-corrected chi connectivity index (χ0v) is 15.0. The van der Waals surface area contributed by atoms with Crippen LogP contribution in [0.2, 0.25) is 0 Å². The van der Waals surface area contributed by atoms with Crippen molar-refractivity contribution in [1.29, 1.82) is 0 Å². The molecule has 1 amide bonds. The Morgan fingerprint density at radius 1 is 1.08 bits per heavy atom. The first-order chi connectivity index (χ1) is 12.2. The zero-order valence-electron chi connectivity index (χ0n) is 15.0. The Bertz CT molecular complexity index is 937. The molecule has 4 nitrogen and oxygen atoms in total.